The Labute approximate surface area is 110 Å². The normalized spacial score (nSPS) is 20.5. The lowest BCUT2D eigenvalue weighted by Crippen LogP contribution is -2.17. The third-order valence-electron chi connectivity index (χ3n) is 3.11. The molecule has 0 aliphatic heterocycles. The van der Waals surface area contributed by atoms with E-state index in [4.69, 9.17) is 14.6 Å². The van der Waals surface area contributed by atoms with Gasteiger partial charge in [0.25, 0.3) is 0 Å². The van der Waals surface area contributed by atoms with Gasteiger partial charge in [-0.05, 0) is 18.6 Å². The summed E-state index contributed by atoms with van der Waals surface area (Å²) in [4.78, 5) is 22.6. The molecule has 0 heterocycles. The van der Waals surface area contributed by atoms with E-state index < -0.39 is 17.8 Å². The lowest BCUT2D eigenvalue weighted by Gasteiger charge is -2.11. The van der Waals surface area contributed by atoms with Gasteiger partial charge in [-0.25, -0.2) is 0 Å². The monoisotopic (exact) mass is 265 g/mol. The number of benzene rings is 1. The zero-order valence-electron chi connectivity index (χ0n) is 10.7. The zero-order chi connectivity index (χ0) is 14.0. The maximum atomic E-state index is 11.9. The first-order valence-electron chi connectivity index (χ1n) is 5.82. The van der Waals surface area contributed by atoms with Crippen molar-refractivity contribution in [1.82, 2.24) is 0 Å². The van der Waals surface area contributed by atoms with Gasteiger partial charge in [-0.2, -0.15) is 0 Å². The van der Waals surface area contributed by atoms with E-state index in [2.05, 4.69) is 5.32 Å². The van der Waals surface area contributed by atoms with Gasteiger partial charge >= 0.3 is 5.97 Å². The van der Waals surface area contributed by atoms with Crippen molar-refractivity contribution in [2.24, 2.45) is 11.8 Å². The number of carboxylic acids is 1. The van der Waals surface area contributed by atoms with Crippen LogP contribution >= 0.6 is 0 Å². The number of methoxy groups -OCH3 is 2. The number of hydrogen-bond acceptors (Lipinski definition) is 4. The first-order chi connectivity index (χ1) is 9.06. The third-order valence-corrected chi connectivity index (χ3v) is 3.11. The molecule has 0 bridgehead atoms. The average Bonchev–Trinajstić information content (AvgIpc) is 3.19. The molecule has 2 atom stereocenters. The number of carboxylic acid groups (broad SMARTS) is 1. The predicted octanol–water partition coefficient (Wildman–Crippen LogP) is 1.36. The van der Waals surface area contributed by atoms with E-state index >= 15 is 0 Å². The Morgan fingerprint density at radius 2 is 2.00 bits per heavy atom. The van der Waals surface area contributed by atoms with Crippen LogP contribution in [0.25, 0.3) is 0 Å². The van der Waals surface area contributed by atoms with E-state index in [9.17, 15) is 9.59 Å². The summed E-state index contributed by atoms with van der Waals surface area (Å²) in [6, 6.07) is 5.00. The molecule has 1 aromatic rings. The molecule has 19 heavy (non-hydrogen) atoms. The minimum absolute atomic E-state index is 0.295. The van der Waals surface area contributed by atoms with Crippen LogP contribution in [0, 0.1) is 11.8 Å². The summed E-state index contributed by atoms with van der Waals surface area (Å²) in [5, 5.41) is 11.5. The van der Waals surface area contributed by atoms with Gasteiger partial charge in [-0.15, -0.1) is 0 Å². The van der Waals surface area contributed by atoms with E-state index in [0.717, 1.165) is 0 Å². The van der Waals surface area contributed by atoms with Crippen LogP contribution in [-0.2, 0) is 9.59 Å². The standard InChI is InChI=1S/C13H15NO5/c1-18-7-3-4-10(11(5-7)19-2)14-12(15)8-6-9(8)13(16)17/h3-5,8-9H,6H2,1-2H3,(H,14,15)(H,16,17)/t8-,9+/m1/s1. The summed E-state index contributed by atoms with van der Waals surface area (Å²) in [5.41, 5.74) is 0.504. The number of carbonyl (C=O) groups excluding carboxylic acids is 1. The number of hydrogen-bond donors (Lipinski definition) is 2. The topological polar surface area (TPSA) is 84.9 Å². The van der Waals surface area contributed by atoms with Gasteiger partial charge < -0.3 is 19.9 Å². The molecule has 0 radical (unpaired) electrons. The molecule has 2 N–H and O–H groups in total. The van der Waals surface area contributed by atoms with Gasteiger partial charge in [0, 0.05) is 6.07 Å². The van der Waals surface area contributed by atoms with Crippen molar-refractivity contribution in [2.75, 3.05) is 19.5 Å². The van der Waals surface area contributed by atoms with Gasteiger partial charge in [0.15, 0.2) is 0 Å². The summed E-state index contributed by atoms with van der Waals surface area (Å²) in [7, 11) is 3.02. The second kappa shape index (κ2) is 5.17. The molecule has 0 spiro atoms. The van der Waals surface area contributed by atoms with Crippen molar-refractivity contribution >= 4 is 17.6 Å². The predicted molar refractivity (Wildman–Crippen MR) is 67.4 cm³/mol. The Balaban J connectivity index is 2.07. The third kappa shape index (κ3) is 2.78. The second-order valence-corrected chi connectivity index (χ2v) is 4.34. The maximum absolute atomic E-state index is 11.9. The molecule has 0 saturated heterocycles. The number of nitrogens with one attached hydrogen (secondary N) is 1. The molecule has 0 aromatic heterocycles. The highest BCUT2D eigenvalue weighted by atomic mass is 16.5. The molecule has 1 aromatic carbocycles. The number of amides is 1. The van der Waals surface area contributed by atoms with Gasteiger partial charge in [0.2, 0.25) is 5.91 Å². The van der Waals surface area contributed by atoms with E-state index in [1.807, 2.05) is 0 Å². The molecule has 102 valence electrons. The molecule has 1 fully saturated rings. The fourth-order valence-corrected chi connectivity index (χ4v) is 1.88. The van der Waals surface area contributed by atoms with Crippen molar-refractivity contribution in [3.8, 4) is 11.5 Å². The Morgan fingerprint density at radius 3 is 2.53 bits per heavy atom. The molecule has 1 amide bonds. The van der Waals surface area contributed by atoms with Crippen molar-refractivity contribution in [2.45, 2.75) is 6.42 Å². The molecule has 1 saturated carbocycles. The highest BCUT2D eigenvalue weighted by molar-refractivity contribution is 5.99. The van der Waals surface area contributed by atoms with Crippen LogP contribution in [-0.4, -0.2) is 31.2 Å². The SMILES string of the molecule is COc1ccc(NC(=O)[C@@H]2C[C@@H]2C(=O)O)c(OC)c1. The van der Waals surface area contributed by atoms with Crippen molar-refractivity contribution < 1.29 is 24.2 Å². The first kappa shape index (κ1) is 13.2. The molecule has 1 aliphatic rings. The lowest BCUT2D eigenvalue weighted by atomic mass is 10.2. The lowest BCUT2D eigenvalue weighted by molar-refractivity contribution is -0.139. The smallest absolute Gasteiger partial charge is 0.307 e. The highest BCUT2D eigenvalue weighted by Gasteiger charge is 2.48. The van der Waals surface area contributed by atoms with Crippen LogP contribution in [0.15, 0.2) is 18.2 Å². The van der Waals surface area contributed by atoms with Crippen LogP contribution in [0.4, 0.5) is 5.69 Å². The minimum atomic E-state index is -0.929. The molecule has 0 unspecified atom stereocenters. The number of anilines is 1. The fourth-order valence-electron chi connectivity index (χ4n) is 1.88. The minimum Gasteiger partial charge on any atom is -0.497 e. The average molecular weight is 265 g/mol. The number of rotatable bonds is 5. The van der Waals surface area contributed by atoms with E-state index in [-0.39, 0.29) is 5.91 Å². The van der Waals surface area contributed by atoms with Crippen molar-refractivity contribution in [1.29, 1.82) is 0 Å². The number of aliphatic carboxylic acids is 1. The van der Waals surface area contributed by atoms with E-state index in [0.29, 0.717) is 23.6 Å². The van der Waals surface area contributed by atoms with Gasteiger partial charge in [-0.3, -0.25) is 9.59 Å². The quantitative estimate of drug-likeness (QED) is 0.839. The van der Waals surface area contributed by atoms with Crippen LogP contribution < -0.4 is 14.8 Å². The first-order valence-corrected chi connectivity index (χ1v) is 5.82. The zero-order valence-corrected chi connectivity index (χ0v) is 10.7. The Hall–Kier alpha value is -2.24. The van der Waals surface area contributed by atoms with Crippen molar-refractivity contribution in [3.63, 3.8) is 0 Å². The van der Waals surface area contributed by atoms with Crippen LogP contribution in [0.5, 0.6) is 11.5 Å². The molecule has 6 heteroatoms. The van der Waals surface area contributed by atoms with E-state index in [1.165, 1.54) is 14.2 Å². The second-order valence-electron chi connectivity index (χ2n) is 4.34. The summed E-state index contributed by atoms with van der Waals surface area (Å²) in [6.07, 6.45) is 0.389. The summed E-state index contributed by atoms with van der Waals surface area (Å²) >= 11 is 0. The van der Waals surface area contributed by atoms with Crippen LogP contribution in [0.1, 0.15) is 6.42 Å². The highest BCUT2D eigenvalue weighted by Crippen LogP contribution is 2.40. The van der Waals surface area contributed by atoms with Gasteiger partial charge in [0.1, 0.15) is 11.5 Å². The molecule has 6 nitrogen and oxygen atoms in total. The molecule has 1 aliphatic carbocycles. The van der Waals surface area contributed by atoms with E-state index in [1.54, 1.807) is 18.2 Å². The van der Waals surface area contributed by atoms with Crippen LogP contribution in [0.2, 0.25) is 0 Å². The van der Waals surface area contributed by atoms with Crippen molar-refractivity contribution in [3.05, 3.63) is 18.2 Å². The summed E-state index contributed by atoms with van der Waals surface area (Å²) in [6.45, 7) is 0. The van der Waals surface area contributed by atoms with Gasteiger partial charge in [0.05, 0.1) is 31.7 Å². The Morgan fingerprint density at radius 1 is 1.26 bits per heavy atom. The molecule has 2 rings (SSSR count). The van der Waals surface area contributed by atoms with Gasteiger partial charge in [-0.1, -0.05) is 0 Å². The maximum Gasteiger partial charge on any atom is 0.307 e. The Kier molecular flexibility index (Phi) is 3.59. The fraction of sp³-hybridized carbons (Fsp3) is 0.385. The Bertz CT molecular complexity index is 514. The number of carbonyl (C=O) groups is 2. The summed E-state index contributed by atoms with van der Waals surface area (Å²) < 4.78 is 10.2. The molecular formula is C13H15NO5. The number of ether oxygens (including phenoxy) is 2. The largest absolute Gasteiger partial charge is 0.497 e. The molecular weight excluding hydrogens is 250 g/mol. The summed E-state index contributed by atoms with van der Waals surface area (Å²) in [5.74, 6) is -1.16. The van der Waals surface area contributed by atoms with Crippen LogP contribution in [0.3, 0.4) is 0 Å².